The van der Waals surface area contributed by atoms with Gasteiger partial charge in [0.2, 0.25) is 10.0 Å². The van der Waals surface area contributed by atoms with Crippen molar-refractivity contribution in [1.29, 1.82) is 0 Å². The van der Waals surface area contributed by atoms with Gasteiger partial charge in [0.05, 0.1) is 20.3 Å². The van der Waals surface area contributed by atoms with Gasteiger partial charge in [-0.1, -0.05) is 12.1 Å². The van der Waals surface area contributed by atoms with Crippen molar-refractivity contribution in [2.24, 2.45) is 0 Å². The van der Waals surface area contributed by atoms with Gasteiger partial charge in [-0.05, 0) is 36.2 Å². The van der Waals surface area contributed by atoms with Crippen LogP contribution in [0.15, 0.2) is 47.4 Å². The third-order valence-electron chi connectivity index (χ3n) is 3.62. The molecule has 0 spiro atoms. The van der Waals surface area contributed by atoms with E-state index in [2.05, 4.69) is 4.72 Å². The molecule has 2 aromatic rings. The van der Waals surface area contributed by atoms with E-state index in [0.717, 1.165) is 0 Å². The monoisotopic (exact) mass is 369 g/mol. The van der Waals surface area contributed by atoms with E-state index in [1.807, 2.05) is 0 Å². The molecule has 0 amide bonds. The summed E-state index contributed by atoms with van der Waals surface area (Å²) in [6.07, 6.45) is -0.771. The lowest BCUT2D eigenvalue weighted by atomic mass is 10.1. The molecule has 0 bridgehead atoms. The highest BCUT2D eigenvalue weighted by atomic mass is 32.2. The highest BCUT2D eigenvalue weighted by molar-refractivity contribution is 7.89. The van der Waals surface area contributed by atoms with Gasteiger partial charge in [-0.2, -0.15) is 0 Å². The third kappa shape index (κ3) is 4.91. The number of aliphatic hydroxyl groups excluding tert-OH is 1. The molecule has 0 aliphatic rings. The Morgan fingerprint density at radius 3 is 2.40 bits per heavy atom. The van der Waals surface area contributed by atoms with Gasteiger partial charge in [-0.15, -0.1) is 0 Å². The molecule has 8 heteroatoms. The molecule has 0 aromatic heterocycles. The topological polar surface area (TPSA) is 84.9 Å². The number of aliphatic hydroxyl groups is 1. The first-order valence-corrected chi connectivity index (χ1v) is 9.01. The molecule has 6 nitrogen and oxygen atoms in total. The molecule has 2 N–H and O–H groups in total. The maximum absolute atomic E-state index is 12.9. The maximum Gasteiger partial charge on any atom is 0.244 e. The zero-order chi connectivity index (χ0) is 18.4. The normalized spacial score (nSPS) is 12.6. The van der Waals surface area contributed by atoms with Crippen LogP contribution in [-0.2, 0) is 10.0 Å². The molecule has 0 aliphatic carbocycles. The molecule has 136 valence electrons. The molecule has 0 heterocycles. The summed E-state index contributed by atoms with van der Waals surface area (Å²) in [4.78, 5) is -0.0504. The zero-order valence-electron chi connectivity index (χ0n) is 13.9. The van der Waals surface area contributed by atoms with Crippen LogP contribution in [0.25, 0.3) is 0 Å². The lowest BCUT2D eigenvalue weighted by Gasteiger charge is -2.14. The van der Waals surface area contributed by atoms with E-state index in [9.17, 15) is 17.9 Å². The molecule has 0 saturated carbocycles. The van der Waals surface area contributed by atoms with Gasteiger partial charge in [-0.3, -0.25) is 0 Å². The van der Waals surface area contributed by atoms with E-state index in [0.29, 0.717) is 11.3 Å². The Labute approximate surface area is 146 Å². The summed E-state index contributed by atoms with van der Waals surface area (Å²) in [6.45, 7) is 0.00123. The minimum atomic E-state index is -3.85. The van der Waals surface area contributed by atoms with Crippen LogP contribution < -0.4 is 14.2 Å². The molecular formula is C17H20FNO5S. The largest absolute Gasteiger partial charge is 0.497 e. The lowest BCUT2D eigenvalue weighted by molar-refractivity contribution is 0.169. The highest BCUT2D eigenvalue weighted by Crippen LogP contribution is 2.28. The molecule has 1 unspecified atom stereocenters. The van der Waals surface area contributed by atoms with E-state index in [1.54, 1.807) is 6.07 Å². The van der Waals surface area contributed by atoms with E-state index in [4.69, 9.17) is 9.47 Å². The smallest absolute Gasteiger partial charge is 0.244 e. The second-order valence-corrected chi connectivity index (χ2v) is 7.01. The number of methoxy groups -OCH3 is 2. The Hall–Kier alpha value is -2.16. The zero-order valence-corrected chi connectivity index (χ0v) is 14.7. The molecule has 2 aromatic carbocycles. The van der Waals surface area contributed by atoms with Gasteiger partial charge in [0.1, 0.15) is 22.2 Å². The van der Waals surface area contributed by atoms with Crippen molar-refractivity contribution in [2.45, 2.75) is 17.4 Å². The number of hydrogen-bond acceptors (Lipinski definition) is 5. The first kappa shape index (κ1) is 19.2. The Bertz CT molecular complexity index is 808. The molecular weight excluding hydrogens is 349 g/mol. The summed E-state index contributed by atoms with van der Waals surface area (Å²) < 4.78 is 50.4. The molecule has 25 heavy (non-hydrogen) atoms. The van der Waals surface area contributed by atoms with Gasteiger partial charge in [-0.25, -0.2) is 17.5 Å². The fourth-order valence-corrected chi connectivity index (χ4v) is 3.48. The minimum absolute atomic E-state index is 0.00123. The highest BCUT2D eigenvalue weighted by Gasteiger charge is 2.20. The first-order valence-electron chi connectivity index (χ1n) is 7.52. The van der Waals surface area contributed by atoms with E-state index in [1.165, 1.54) is 50.6 Å². The van der Waals surface area contributed by atoms with Crippen molar-refractivity contribution < 1.29 is 27.4 Å². The van der Waals surface area contributed by atoms with Crippen molar-refractivity contribution in [2.75, 3.05) is 20.8 Å². The van der Waals surface area contributed by atoms with Crippen LogP contribution in [-0.4, -0.2) is 34.3 Å². The van der Waals surface area contributed by atoms with Crippen LogP contribution in [0, 0.1) is 5.82 Å². The molecule has 0 aliphatic heterocycles. The van der Waals surface area contributed by atoms with Crippen molar-refractivity contribution in [3.63, 3.8) is 0 Å². The van der Waals surface area contributed by atoms with Gasteiger partial charge in [0, 0.05) is 12.6 Å². The quantitative estimate of drug-likeness (QED) is 0.745. The standard InChI is InChI=1S/C17H20FNO5S/c1-23-14-7-8-16(24-2)17(11-14)25(21,22)19-10-9-15(20)12-3-5-13(18)6-4-12/h3-8,11,15,19-20H,9-10H2,1-2H3. The first-order chi connectivity index (χ1) is 11.9. The molecule has 1 atom stereocenters. The van der Waals surface area contributed by atoms with Crippen LogP contribution in [0.5, 0.6) is 11.5 Å². The predicted molar refractivity (Wildman–Crippen MR) is 90.7 cm³/mol. The van der Waals surface area contributed by atoms with Crippen molar-refractivity contribution >= 4 is 10.0 Å². The molecule has 2 rings (SSSR count). The third-order valence-corrected chi connectivity index (χ3v) is 5.11. The van der Waals surface area contributed by atoms with Crippen LogP contribution in [0.3, 0.4) is 0 Å². The molecule has 0 radical (unpaired) electrons. The van der Waals surface area contributed by atoms with Gasteiger partial charge in [0.15, 0.2) is 0 Å². The lowest BCUT2D eigenvalue weighted by Crippen LogP contribution is -2.26. The minimum Gasteiger partial charge on any atom is -0.497 e. The fraction of sp³-hybridized carbons (Fsp3) is 0.294. The van der Waals surface area contributed by atoms with Crippen molar-refractivity contribution in [3.8, 4) is 11.5 Å². The van der Waals surface area contributed by atoms with E-state index in [-0.39, 0.29) is 23.6 Å². The summed E-state index contributed by atoms with van der Waals surface area (Å²) in [5.74, 6) is 0.168. The Morgan fingerprint density at radius 2 is 1.80 bits per heavy atom. The van der Waals surface area contributed by atoms with Crippen LogP contribution in [0.4, 0.5) is 4.39 Å². The Kier molecular flexibility index (Phi) is 6.35. The van der Waals surface area contributed by atoms with Gasteiger partial charge < -0.3 is 14.6 Å². The van der Waals surface area contributed by atoms with Crippen molar-refractivity contribution in [1.82, 2.24) is 4.72 Å². The molecule has 0 saturated heterocycles. The predicted octanol–water partition coefficient (Wildman–Crippen LogP) is 2.24. The number of rotatable bonds is 8. The van der Waals surface area contributed by atoms with Crippen LogP contribution in [0.1, 0.15) is 18.1 Å². The second-order valence-electron chi connectivity index (χ2n) is 5.27. The van der Waals surface area contributed by atoms with Crippen molar-refractivity contribution in [3.05, 3.63) is 53.8 Å². The summed E-state index contributed by atoms with van der Waals surface area (Å²) in [7, 11) is -1.04. The molecule has 0 fully saturated rings. The van der Waals surface area contributed by atoms with Gasteiger partial charge >= 0.3 is 0 Å². The fourth-order valence-electron chi connectivity index (χ4n) is 2.25. The maximum atomic E-state index is 12.9. The number of halogens is 1. The summed E-state index contributed by atoms with van der Waals surface area (Å²) in [5.41, 5.74) is 0.513. The van der Waals surface area contributed by atoms with E-state index >= 15 is 0 Å². The average Bonchev–Trinajstić information content (AvgIpc) is 2.61. The Morgan fingerprint density at radius 1 is 1.12 bits per heavy atom. The van der Waals surface area contributed by atoms with E-state index < -0.39 is 21.9 Å². The van der Waals surface area contributed by atoms with Crippen LogP contribution >= 0.6 is 0 Å². The summed E-state index contributed by atoms with van der Waals surface area (Å²) in [5, 5.41) is 10.1. The number of sulfonamides is 1. The Balaban J connectivity index is 2.05. The van der Waals surface area contributed by atoms with Crippen LogP contribution in [0.2, 0.25) is 0 Å². The average molecular weight is 369 g/mol. The SMILES string of the molecule is COc1ccc(OC)c(S(=O)(=O)NCCC(O)c2ccc(F)cc2)c1. The van der Waals surface area contributed by atoms with Gasteiger partial charge in [0.25, 0.3) is 0 Å². The number of ether oxygens (including phenoxy) is 2. The number of nitrogens with one attached hydrogen (secondary N) is 1. The second kappa shape index (κ2) is 8.28. The number of hydrogen-bond donors (Lipinski definition) is 2. The summed E-state index contributed by atoms with van der Waals surface area (Å²) >= 11 is 0. The number of benzene rings is 2. The summed E-state index contributed by atoms with van der Waals surface area (Å²) in [6, 6.07) is 9.85.